The fraction of sp³-hybridized carbons (Fsp3) is 0.900. The summed E-state index contributed by atoms with van der Waals surface area (Å²) in [5, 5.41) is 33.8. The molecule has 8 nitrogen and oxygen atoms in total. The molecule has 0 aromatic heterocycles. The lowest BCUT2D eigenvalue weighted by Crippen LogP contribution is -2.65. The summed E-state index contributed by atoms with van der Waals surface area (Å²) in [6.45, 7) is -0.213. The molecule has 1 rings (SSSR count). The van der Waals surface area contributed by atoms with Gasteiger partial charge in [-0.1, -0.05) is 0 Å². The van der Waals surface area contributed by atoms with Gasteiger partial charge < -0.3 is 35.4 Å². The molecule has 19 heavy (non-hydrogen) atoms. The Kier molecular flexibility index (Phi) is 6.76. The Morgan fingerprint density at radius 3 is 2.63 bits per heavy atom. The zero-order chi connectivity index (χ0) is 14.4. The van der Waals surface area contributed by atoms with Crippen molar-refractivity contribution in [2.75, 3.05) is 26.1 Å². The van der Waals surface area contributed by atoms with Gasteiger partial charge >= 0.3 is 6.03 Å². The second-order valence-electron chi connectivity index (χ2n) is 4.06. The first-order valence-corrected chi connectivity index (χ1v) is 6.34. The van der Waals surface area contributed by atoms with E-state index in [1.807, 2.05) is 0 Å². The summed E-state index contributed by atoms with van der Waals surface area (Å²) in [5.74, 6) is 0.242. The van der Waals surface area contributed by atoms with Crippen LogP contribution < -0.4 is 10.6 Å². The van der Waals surface area contributed by atoms with Crippen molar-refractivity contribution < 1.29 is 29.6 Å². The van der Waals surface area contributed by atoms with Gasteiger partial charge in [-0.25, -0.2) is 4.79 Å². The molecule has 0 saturated carbocycles. The van der Waals surface area contributed by atoms with Crippen molar-refractivity contribution in [3.05, 3.63) is 0 Å². The number of aliphatic hydroxyl groups is 3. The highest BCUT2D eigenvalue weighted by molar-refractivity contribution is 6.18. The van der Waals surface area contributed by atoms with E-state index < -0.39 is 43.3 Å². The largest absolute Gasteiger partial charge is 0.394 e. The standard InChI is InChI=1S/C10H19ClN2O6/c1-18-9-8(16)6(7(15)5(4-14)19-9)13-10(17)12-3-2-11/h5-9,14-16H,2-4H2,1H3,(H2,12,13,17). The minimum Gasteiger partial charge on any atom is -0.394 e. The Labute approximate surface area is 115 Å². The van der Waals surface area contributed by atoms with Gasteiger partial charge in [0, 0.05) is 19.5 Å². The Morgan fingerprint density at radius 1 is 1.42 bits per heavy atom. The van der Waals surface area contributed by atoms with Gasteiger partial charge in [-0.2, -0.15) is 0 Å². The molecule has 1 fully saturated rings. The SMILES string of the molecule is COC1OC(CO)C(O)C(NC(=O)NCCCl)C1O. The summed E-state index contributed by atoms with van der Waals surface area (Å²) in [6.07, 6.45) is -4.51. The number of hydrogen-bond acceptors (Lipinski definition) is 6. The number of alkyl halides is 1. The van der Waals surface area contributed by atoms with Crippen LogP contribution >= 0.6 is 11.6 Å². The number of amides is 2. The molecule has 5 N–H and O–H groups in total. The zero-order valence-electron chi connectivity index (χ0n) is 10.5. The summed E-state index contributed by atoms with van der Waals surface area (Å²) < 4.78 is 10.0. The number of urea groups is 1. The maximum atomic E-state index is 11.5. The lowest BCUT2D eigenvalue weighted by Gasteiger charge is -2.41. The molecule has 0 spiro atoms. The lowest BCUT2D eigenvalue weighted by molar-refractivity contribution is -0.270. The molecule has 5 atom stereocenters. The second-order valence-corrected chi connectivity index (χ2v) is 4.44. The third-order valence-corrected chi connectivity index (χ3v) is 2.98. The second kappa shape index (κ2) is 7.83. The van der Waals surface area contributed by atoms with Gasteiger partial charge in [0.1, 0.15) is 18.3 Å². The Bertz CT molecular complexity index is 279. The normalized spacial score (nSPS) is 34.9. The molecule has 1 aliphatic rings. The molecule has 112 valence electrons. The number of rotatable bonds is 5. The summed E-state index contributed by atoms with van der Waals surface area (Å²) in [4.78, 5) is 11.5. The summed E-state index contributed by atoms with van der Waals surface area (Å²) in [7, 11) is 1.31. The van der Waals surface area contributed by atoms with E-state index in [0.29, 0.717) is 0 Å². The maximum Gasteiger partial charge on any atom is 0.315 e. The topological polar surface area (TPSA) is 120 Å². The van der Waals surface area contributed by atoms with Crippen LogP contribution in [0.2, 0.25) is 0 Å². The van der Waals surface area contributed by atoms with Crippen LogP contribution in [0, 0.1) is 0 Å². The van der Waals surface area contributed by atoms with Gasteiger partial charge in [-0.3, -0.25) is 0 Å². The highest BCUT2D eigenvalue weighted by Crippen LogP contribution is 2.21. The molecule has 1 saturated heterocycles. The highest BCUT2D eigenvalue weighted by atomic mass is 35.5. The summed E-state index contributed by atoms with van der Waals surface area (Å²) in [6, 6.07) is -1.61. The molecule has 1 aliphatic heterocycles. The van der Waals surface area contributed by atoms with Crippen molar-refractivity contribution in [1.82, 2.24) is 10.6 Å². The average Bonchev–Trinajstić information content (AvgIpc) is 2.41. The van der Waals surface area contributed by atoms with Gasteiger partial charge in [-0.15, -0.1) is 11.6 Å². The van der Waals surface area contributed by atoms with E-state index in [4.69, 9.17) is 26.2 Å². The average molecular weight is 299 g/mol. The van der Waals surface area contributed by atoms with Crippen molar-refractivity contribution in [3.63, 3.8) is 0 Å². The van der Waals surface area contributed by atoms with E-state index in [9.17, 15) is 15.0 Å². The fourth-order valence-corrected chi connectivity index (χ4v) is 1.91. The highest BCUT2D eigenvalue weighted by Gasteiger charge is 2.45. The Morgan fingerprint density at radius 2 is 2.11 bits per heavy atom. The molecule has 2 amide bonds. The molecule has 0 bridgehead atoms. The molecular weight excluding hydrogens is 280 g/mol. The molecule has 0 aliphatic carbocycles. The van der Waals surface area contributed by atoms with Crippen molar-refractivity contribution in [1.29, 1.82) is 0 Å². The monoisotopic (exact) mass is 298 g/mol. The van der Waals surface area contributed by atoms with Gasteiger partial charge in [0.2, 0.25) is 0 Å². The third kappa shape index (κ3) is 4.16. The van der Waals surface area contributed by atoms with E-state index >= 15 is 0 Å². The van der Waals surface area contributed by atoms with Crippen molar-refractivity contribution in [2.45, 2.75) is 30.6 Å². The quantitative estimate of drug-likeness (QED) is 0.374. The van der Waals surface area contributed by atoms with Crippen LogP contribution in [0.5, 0.6) is 0 Å². The van der Waals surface area contributed by atoms with E-state index in [-0.39, 0.29) is 12.4 Å². The minimum absolute atomic E-state index is 0.242. The number of nitrogens with one attached hydrogen (secondary N) is 2. The molecule has 5 unspecified atom stereocenters. The Hall–Kier alpha value is -0.640. The number of ether oxygens (including phenoxy) is 2. The molecule has 9 heteroatoms. The smallest absolute Gasteiger partial charge is 0.315 e. The van der Waals surface area contributed by atoms with Crippen molar-refractivity contribution in [2.24, 2.45) is 0 Å². The van der Waals surface area contributed by atoms with E-state index in [2.05, 4.69) is 10.6 Å². The van der Waals surface area contributed by atoms with E-state index in [1.54, 1.807) is 0 Å². The zero-order valence-corrected chi connectivity index (χ0v) is 11.2. The fourth-order valence-electron chi connectivity index (χ4n) is 1.82. The molecular formula is C10H19ClN2O6. The number of aliphatic hydroxyl groups excluding tert-OH is 3. The first kappa shape index (κ1) is 16.4. The third-order valence-electron chi connectivity index (χ3n) is 2.79. The Balaban J connectivity index is 2.67. The van der Waals surface area contributed by atoms with Crippen LogP contribution in [0.3, 0.4) is 0 Å². The number of carbonyl (C=O) groups is 1. The van der Waals surface area contributed by atoms with E-state index in [1.165, 1.54) is 7.11 Å². The predicted octanol–water partition coefficient (Wildman–Crippen LogP) is -2.02. The van der Waals surface area contributed by atoms with E-state index in [0.717, 1.165) is 0 Å². The van der Waals surface area contributed by atoms with Crippen LogP contribution in [-0.2, 0) is 9.47 Å². The minimum atomic E-state index is -1.26. The molecule has 0 aromatic rings. The molecule has 0 radical (unpaired) electrons. The number of carbonyl (C=O) groups excluding carboxylic acids is 1. The van der Waals surface area contributed by atoms with Gasteiger partial charge in [0.05, 0.1) is 12.6 Å². The van der Waals surface area contributed by atoms with Crippen molar-refractivity contribution in [3.8, 4) is 0 Å². The van der Waals surface area contributed by atoms with Crippen LogP contribution in [0.4, 0.5) is 4.79 Å². The summed E-state index contributed by atoms with van der Waals surface area (Å²) in [5.41, 5.74) is 0. The van der Waals surface area contributed by atoms with Gasteiger partial charge in [0.15, 0.2) is 6.29 Å². The van der Waals surface area contributed by atoms with Gasteiger partial charge in [0.25, 0.3) is 0 Å². The maximum absolute atomic E-state index is 11.5. The van der Waals surface area contributed by atoms with Crippen LogP contribution in [0.1, 0.15) is 0 Å². The number of methoxy groups -OCH3 is 1. The first-order valence-electron chi connectivity index (χ1n) is 5.80. The molecule has 0 aromatic carbocycles. The summed E-state index contributed by atoms with van der Waals surface area (Å²) >= 11 is 5.42. The first-order chi connectivity index (χ1) is 9.04. The van der Waals surface area contributed by atoms with Crippen LogP contribution in [-0.4, -0.2) is 78.1 Å². The molecule has 1 heterocycles. The van der Waals surface area contributed by atoms with Crippen molar-refractivity contribution >= 4 is 17.6 Å². The van der Waals surface area contributed by atoms with Crippen LogP contribution in [0.25, 0.3) is 0 Å². The van der Waals surface area contributed by atoms with Crippen LogP contribution in [0.15, 0.2) is 0 Å². The number of halogens is 1. The van der Waals surface area contributed by atoms with Gasteiger partial charge in [-0.05, 0) is 0 Å². The number of hydrogen-bond donors (Lipinski definition) is 5. The lowest BCUT2D eigenvalue weighted by atomic mass is 9.96. The predicted molar refractivity (Wildman–Crippen MR) is 65.8 cm³/mol.